The monoisotopic (exact) mass is 429 g/mol. The minimum absolute atomic E-state index is 0.0475. The van der Waals surface area contributed by atoms with E-state index in [4.69, 9.17) is 9.47 Å². The minimum Gasteiger partial charge on any atom is -0.495 e. The molecule has 11 heteroatoms. The zero-order valence-corrected chi connectivity index (χ0v) is 18.1. The third-order valence-corrected chi connectivity index (χ3v) is 4.84. The highest BCUT2D eigenvalue weighted by Gasteiger charge is 2.23. The Morgan fingerprint density at radius 3 is 2.28 bits per heavy atom. The first-order valence-corrected chi connectivity index (χ1v) is 10.2. The van der Waals surface area contributed by atoms with Crippen molar-refractivity contribution in [2.75, 3.05) is 13.7 Å². The highest BCUT2D eigenvalue weighted by molar-refractivity contribution is 7.89. The molecule has 162 valence electrons. The zero-order chi connectivity index (χ0) is 22.4. The highest BCUT2D eigenvalue weighted by atomic mass is 32.2. The van der Waals surface area contributed by atoms with Crippen LogP contribution in [0.3, 0.4) is 0 Å². The Bertz CT molecular complexity index is 874. The van der Waals surface area contributed by atoms with Crippen LogP contribution in [0.1, 0.15) is 45.0 Å². The van der Waals surface area contributed by atoms with Crippen LogP contribution in [0.4, 0.5) is 4.79 Å². The van der Waals surface area contributed by atoms with Crippen molar-refractivity contribution < 1.29 is 32.3 Å². The number of methoxy groups -OCH3 is 1. The topological polar surface area (TPSA) is 140 Å². The standard InChI is InChI=1S/C18H27N3O7S/c1-11(2)21-29(25,26)14-9-12(7-8-13(14)27-6)16(23)28-10-15(22)19-17(24)20-18(3,4)5/h7-9,11,21H,10H2,1-6H3,(H2,19,20,22,24). The van der Waals surface area contributed by atoms with E-state index in [1.54, 1.807) is 34.6 Å². The predicted octanol–water partition coefficient (Wildman–Crippen LogP) is 1.16. The summed E-state index contributed by atoms with van der Waals surface area (Å²) in [6.07, 6.45) is 0. The van der Waals surface area contributed by atoms with Gasteiger partial charge >= 0.3 is 12.0 Å². The minimum atomic E-state index is -3.94. The van der Waals surface area contributed by atoms with E-state index in [0.29, 0.717) is 0 Å². The van der Waals surface area contributed by atoms with Gasteiger partial charge in [0.1, 0.15) is 10.6 Å². The molecule has 0 unspecified atom stereocenters. The fraction of sp³-hybridized carbons (Fsp3) is 0.500. The lowest BCUT2D eigenvalue weighted by Crippen LogP contribution is -2.49. The Balaban J connectivity index is 2.86. The number of hydrogen-bond donors (Lipinski definition) is 3. The molecule has 1 rings (SSSR count). The van der Waals surface area contributed by atoms with Crippen molar-refractivity contribution in [3.8, 4) is 5.75 Å². The van der Waals surface area contributed by atoms with Gasteiger partial charge < -0.3 is 14.8 Å². The van der Waals surface area contributed by atoms with Crippen LogP contribution in [0.15, 0.2) is 23.1 Å². The van der Waals surface area contributed by atoms with Crippen LogP contribution in [0.5, 0.6) is 5.75 Å². The Morgan fingerprint density at radius 2 is 1.76 bits per heavy atom. The largest absolute Gasteiger partial charge is 0.495 e. The molecule has 0 saturated heterocycles. The quantitative estimate of drug-likeness (QED) is 0.553. The molecular weight excluding hydrogens is 402 g/mol. The molecule has 0 radical (unpaired) electrons. The normalized spacial score (nSPS) is 11.7. The molecule has 0 atom stereocenters. The molecule has 0 aliphatic heterocycles. The number of nitrogens with one attached hydrogen (secondary N) is 3. The van der Waals surface area contributed by atoms with Crippen molar-refractivity contribution in [2.45, 2.75) is 51.1 Å². The van der Waals surface area contributed by atoms with Gasteiger partial charge in [-0.25, -0.2) is 22.7 Å². The van der Waals surface area contributed by atoms with E-state index in [9.17, 15) is 22.8 Å². The van der Waals surface area contributed by atoms with Crippen LogP contribution in [0, 0.1) is 0 Å². The van der Waals surface area contributed by atoms with Crippen molar-refractivity contribution in [1.82, 2.24) is 15.4 Å². The first kappa shape index (κ1) is 24.4. The summed E-state index contributed by atoms with van der Waals surface area (Å²) >= 11 is 0. The van der Waals surface area contributed by atoms with Crippen molar-refractivity contribution >= 4 is 27.9 Å². The van der Waals surface area contributed by atoms with Gasteiger partial charge in [0.2, 0.25) is 10.0 Å². The first-order chi connectivity index (χ1) is 13.2. The lowest BCUT2D eigenvalue weighted by atomic mass is 10.1. The van der Waals surface area contributed by atoms with Crippen LogP contribution >= 0.6 is 0 Å². The third kappa shape index (κ3) is 8.08. The molecule has 0 heterocycles. The Morgan fingerprint density at radius 1 is 1.14 bits per heavy atom. The van der Waals surface area contributed by atoms with E-state index < -0.39 is 40.1 Å². The van der Waals surface area contributed by atoms with E-state index in [0.717, 1.165) is 6.07 Å². The average Bonchev–Trinajstić information content (AvgIpc) is 2.56. The van der Waals surface area contributed by atoms with Gasteiger partial charge in [0.15, 0.2) is 6.61 Å². The maximum Gasteiger partial charge on any atom is 0.338 e. The summed E-state index contributed by atoms with van der Waals surface area (Å²) < 4.78 is 37.2. The number of rotatable bonds is 7. The van der Waals surface area contributed by atoms with Crippen LogP contribution in [-0.4, -0.2) is 51.6 Å². The van der Waals surface area contributed by atoms with Crippen molar-refractivity contribution in [1.29, 1.82) is 0 Å². The summed E-state index contributed by atoms with van der Waals surface area (Å²) in [4.78, 5) is 35.3. The van der Waals surface area contributed by atoms with E-state index in [2.05, 4.69) is 10.0 Å². The molecular formula is C18H27N3O7S. The Labute approximate surface area is 170 Å². The molecule has 10 nitrogen and oxygen atoms in total. The fourth-order valence-corrected chi connectivity index (χ4v) is 3.58. The number of carbonyl (C=O) groups excluding carboxylic acids is 3. The summed E-state index contributed by atoms with van der Waals surface area (Å²) in [6, 6.07) is 2.61. The summed E-state index contributed by atoms with van der Waals surface area (Å²) in [5, 5.41) is 4.55. The van der Waals surface area contributed by atoms with Gasteiger partial charge in [-0.2, -0.15) is 0 Å². The third-order valence-electron chi connectivity index (χ3n) is 3.16. The highest BCUT2D eigenvalue weighted by Crippen LogP contribution is 2.25. The van der Waals surface area contributed by atoms with Gasteiger partial charge in [0.05, 0.1) is 12.7 Å². The summed E-state index contributed by atoms with van der Waals surface area (Å²) in [7, 11) is -2.64. The van der Waals surface area contributed by atoms with Crippen molar-refractivity contribution in [3.05, 3.63) is 23.8 Å². The molecule has 0 saturated carbocycles. The lowest BCUT2D eigenvalue weighted by Gasteiger charge is -2.20. The average molecular weight is 429 g/mol. The molecule has 0 aliphatic rings. The van der Waals surface area contributed by atoms with Gasteiger partial charge in [-0.15, -0.1) is 0 Å². The van der Waals surface area contributed by atoms with Crippen molar-refractivity contribution in [3.63, 3.8) is 0 Å². The second kappa shape index (κ2) is 9.70. The molecule has 3 N–H and O–H groups in total. The van der Waals surface area contributed by atoms with Crippen LogP contribution in [0.2, 0.25) is 0 Å². The molecule has 0 bridgehead atoms. The summed E-state index contributed by atoms with van der Waals surface area (Å²) in [5.41, 5.74) is -0.641. The van der Waals surface area contributed by atoms with Crippen LogP contribution < -0.4 is 20.1 Å². The molecule has 0 aliphatic carbocycles. The van der Waals surface area contributed by atoms with Gasteiger partial charge in [0.25, 0.3) is 5.91 Å². The molecule has 0 spiro atoms. The van der Waals surface area contributed by atoms with Crippen LogP contribution in [-0.2, 0) is 19.6 Å². The SMILES string of the molecule is COc1ccc(C(=O)OCC(=O)NC(=O)NC(C)(C)C)cc1S(=O)(=O)NC(C)C. The summed E-state index contributed by atoms with van der Waals surface area (Å²) in [6.45, 7) is 7.80. The Hall–Kier alpha value is -2.66. The van der Waals surface area contributed by atoms with E-state index in [1.807, 2.05) is 5.32 Å². The second-order valence-corrected chi connectivity index (χ2v) is 9.15. The molecule has 1 aromatic carbocycles. The lowest BCUT2D eigenvalue weighted by molar-refractivity contribution is -0.123. The number of urea groups is 1. The van der Waals surface area contributed by atoms with Gasteiger partial charge in [0, 0.05) is 11.6 Å². The Kier molecular flexibility index (Phi) is 8.15. The van der Waals surface area contributed by atoms with Gasteiger partial charge in [-0.05, 0) is 52.8 Å². The number of imide groups is 1. The van der Waals surface area contributed by atoms with Gasteiger partial charge in [-0.1, -0.05) is 0 Å². The number of benzene rings is 1. The number of sulfonamides is 1. The van der Waals surface area contributed by atoms with E-state index in [1.165, 1.54) is 19.2 Å². The maximum atomic E-state index is 12.4. The van der Waals surface area contributed by atoms with Crippen LogP contribution in [0.25, 0.3) is 0 Å². The van der Waals surface area contributed by atoms with E-state index >= 15 is 0 Å². The number of hydrogen-bond acceptors (Lipinski definition) is 7. The number of amides is 3. The zero-order valence-electron chi connectivity index (χ0n) is 17.3. The smallest absolute Gasteiger partial charge is 0.338 e. The van der Waals surface area contributed by atoms with E-state index in [-0.39, 0.29) is 22.3 Å². The second-order valence-electron chi connectivity index (χ2n) is 7.47. The first-order valence-electron chi connectivity index (χ1n) is 8.74. The molecule has 3 amide bonds. The maximum absolute atomic E-state index is 12.4. The predicted molar refractivity (Wildman–Crippen MR) is 105 cm³/mol. The summed E-state index contributed by atoms with van der Waals surface area (Å²) in [5.74, 6) is -1.71. The van der Waals surface area contributed by atoms with Gasteiger partial charge in [-0.3, -0.25) is 10.1 Å². The fourth-order valence-electron chi connectivity index (χ4n) is 2.14. The number of carbonyl (C=O) groups is 3. The number of ether oxygens (including phenoxy) is 2. The van der Waals surface area contributed by atoms with Crippen molar-refractivity contribution in [2.24, 2.45) is 0 Å². The molecule has 0 fully saturated rings. The molecule has 29 heavy (non-hydrogen) atoms. The number of esters is 1. The molecule has 1 aromatic rings. The molecule has 0 aromatic heterocycles.